The van der Waals surface area contributed by atoms with Gasteiger partial charge in [-0.25, -0.2) is 4.79 Å². The van der Waals surface area contributed by atoms with Gasteiger partial charge in [-0.15, -0.1) is 0 Å². The van der Waals surface area contributed by atoms with Crippen molar-refractivity contribution in [3.8, 4) is 0 Å². The first-order valence-corrected chi connectivity index (χ1v) is 10.2. The number of imidazole rings is 1. The van der Waals surface area contributed by atoms with Gasteiger partial charge in [-0.2, -0.15) is 4.98 Å². The van der Waals surface area contributed by atoms with E-state index >= 15 is 0 Å². The van der Waals surface area contributed by atoms with Crippen molar-refractivity contribution in [2.24, 2.45) is 7.05 Å². The lowest BCUT2D eigenvalue weighted by Crippen LogP contribution is -2.48. The minimum Gasteiger partial charge on any atom is -0.339 e. The Hall–Kier alpha value is -3.36. The van der Waals surface area contributed by atoms with Gasteiger partial charge in [0.25, 0.3) is 5.56 Å². The fourth-order valence-corrected chi connectivity index (χ4v) is 3.98. The highest BCUT2D eigenvalue weighted by Gasteiger charge is 2.25. The van der Waals surface area contributed by atoms with E-state index in [1.54, 1.807) is 18.9 Å². The second kappa shape index (κ2) is 8.17. The van der Waals surface area contributed by atoms with Gasteiger partial charge in [-0.05, 0) is 18.4 Å². The van der Waals surface area contributed by atoms with Gasteiger partial charge in [0.2, 0.25) is 11.9 Å². The standard InChI is InChI=1S/C21H26N6O3/c1-15(28)25-11-13-26(14-12-25)20-22-18-17(19(29)23-21(30)24(18)2)27(20)10-6-9-16-7-4-3-5-8-16/h3-5,7-8H,6,9-14H2,1-2H3,(H,23,29,30). The molecule has 1 saturated heterocycles. The third kappa shape index (κ3) is 3.74. The number of hydrogen-bond acceptors (Lipinski definition) is 5. The summed E-state index contributed by atoms with van der Waals surface area (Å²) >= 11 is 0. The summed E-state index contributed by atoms with van der Waals surface area (Å²) in [5.41, 5.74) is 1.13. The molecule has 1 aromatic carbocycles. The van der Waals surface area contributed by atoms with Crippen molar-refractivity contribution >= 4 is 23.0 Å². The molecule has 3 aromatic rings. The van der Waals surface area contributed by atoms with Crippen LogP contribution in [0.4, 0.5) is 5.95 Å². The highest BCUT2D eigenvalue weighted by Crippen LogP contribution is 2.22. The lowest BCUT2D eigenvalue weighted by Gasteiger charge is -2.35. The van der Waals surface area contributed by atoms with Gasteiger partial charge in [-0.1, -0.05) is 30.3 Å². The quantitative estimate of drug-likeness (QED) is 0.669. The van der Waals surface area contributed by atoms with Gasteiger partial charge in [0.1, 0.15) is 0 Å². The molecule has 1 aliphatic rings. The molecular weight excluding hydrogens is 384 g/mol. The van der Waals surface area contributed by atoms with E-state index in [4.69, 9.17) is 0 Å². The predicted octanol–water partition coefficient (Wildman–Crippen LogP) is 0.725. The number of aromatic amines is 1. The molecule has 0 saturated carbocycles. The zero-order valence-electron chi connectivity index (χ0n) is 17.3. The van der Waals surface area contributed by atoms with Crippen LogP contribution in [0.1, 0.15) is 18.9 Å². The Labute approximate surface area is 173 Å². The molecule has 1 fully saturated rings. The molecule has 1 amide bonds. The lowest BCUT2D eigenvalue weighted by atomic mass is 10.1. The summed E-state index contributed by atoms with van der Waals surface area (Å²) in [7, 11) is 1.61. The number of carbonyl (C=O) groups excluding carboxylic acids is 1. The Morgan fingerprint density at radius 3 is 2.47 bits per heavy atom. The number of nitrogens with zero attached hydrogens (tertiary/aromatic N) is 5. The molecule has 0 bridgehead atoms. The van der Waals surface area contributed by atoms with Crippen LogP contribution in [0.25, 0.3) is 11.2 Å². The molecule has 1 N–H and O–H groups in total. The lowest BCUT2D eigenvalue weighted by molar-refractivity contribution is -0.129. The first kappa shape index (κ1) is 19.9. The van der Waals surface area contributed by atoms with Crippen molar-refractivity contribution in [1.82, 2.24) is 24.0 Å². The molecule has 0 spiro atoms. The van der Waals surface area contributed by atoms with Gasteiger partial charge in [0, 0.05) is 46.7 Å². The number of anilines is 1. The zero-order chi connectivity index (χ0) is 21.3. The number of benzene rings is 1. The van der Waals surface area contributed by atoms with Crippen LogP contribution in [0.3, 0.4) is 0 Å². The van der Waals surface area contributed by atoms with E-state index in [2.05, 4.69) is 27.0 Å². The Morgan fingerprint density at radius 2 is 1.80 bits per heavy atom. The summed E-state index contributed by atoms with van der Waals surface area (Å²) in [6.45, 7) is 4.66. The minimum absolute atomic E-state index is 0.0601. The fourth-order valence-electron chi connectivity index (χ4n) is 3.98. The van der Waals surface area contributed by atoms with Gasteiger partial charge in [0.05, 0.1) is 0 Å². The van der Waals surface area contributed by atoms with Crippen LogP contribution in [-0.4, -0.2) is 56.1 Å². The van der Waals surface area contributed by atoms with Crippen molar-refractivity contribution in [2.45, 2.75) is 26.3 Å². The highest BCUT2D eigenvalue weighted by molar-refractivity contribution is 5.75. The number of hydrogen-bond donors (Lipinski definition) is 1. The number of amides is 1. The van der Waals surface area contributed by atoms with Crippen molar-refractivity contribution < 1.29 is 4.79 Å². The number of nitrogens with one attached hydrogen (secondary N) is 1. The van der Waals surface area contributed by atoms with Crippen LogP contribution in [0, 0.1) is 0 Å². The molecule has 1 aliphatic heterocycles. The van der Waals surface area contributed by atoms with E-state index in [1.165, 1.54) is 10.1 Å². The summed E-state index contributed by atoms with van der Waals surface area (Å²) in [6.07, 6.45) is 1.71. The Bertz CT molecular complexity index is 1170. The molecule has 158 valence electrons. The molecule has 0 atom stereocenters. The number of aromatic nitrogens is 4. The first-order chi connectivity index (χ1) is 14.5. The number of H-pyrrole nitrogens is 1. The second-order valence-corrected chi connectivity index (χ2v) is 7.64. The molecule has 3 heterocycles. The molecule has 0 radical (unpaired) electrons. The van der Waals surface area contributed by atoms with Crippen LogP contribution in [0.15, 0.2) is 39.9 Å². The van der Waals surface area contributed by atoms with Crippen molar-refractivity contribution in [3.05, 3.63) is 56.7 Å². The van der Waals surface area contributed by atoms with Crippen molar-refractivity contribution in [1.29, 1.82) is 0 Å². The molecule has 30 heavy (non-hydrogen) atoms. The molecule has 0 unspecified atom stereocenters. The highest BCUT2D eigenvalue weighted by atomic mass is 16.2. The van der Waals surface area contributed by atoms with E-state index < -0.39 is 11.2 Å². The van der Waals surface area contributed by atoms with Crippen LogP contribution in [-0.2, 0) is 24.8 Å². The number of carbonyl (C=O) groups is 1. The SMILES string of the molecule is CC(=O)N1CCN(c2nc3c(c(=O)[nH]c(=O)n3C)n2CCCc2ccccc2)CC1. The van der Waals surface area contributed by atoms with Crippen LogP contribution in [0.5, 0.6) is 0 Å². The van der Waals surface area contributed by atoms with Crippen LogP contribution < -0.4 is 16.1 Å². The largest absolute Gasteiger partial charge is 0.339 e. The molecule has 2 aromatic heterocycles. The maximum absolute atomic E-state index is 12.6. The fraction of sp³-hybridized carbons (Fsp3) is 0.429. The van der Waals surface area contributed by atoms with E-state index in [0.29, 0.717) is 49.8 Å². The molecular formula is C21H26N6O3. The smallest absolute Gasteiger partial charge is 0.329 e. The van der Waals surface area contributed by atoms with E-state index in [0.717, 1.165) is 12.8 Å². The van der Waals surface area contributed by atoms with Crippen molar-refractivity contribution in [2.75, 3.05) is 31.1 Å². The summed E-state index contributed by atoms with van der Waals surface area (Å²) in [6, 6.07) is 10.2. The number of piperazine rings is 1. The minimum atomic E-state index is -0.477. The van der Waals surface area contributed by atoms with E-state index in [1.807, 2.05) is 22.8 Å². The van der Waals surface area contributed by atoms with Gasteiger partial charge >= 0.3 is 5.69 Å². The zero-order valence-corrected chi connectivity index (χ0v) is 17.3. The van der Waals surface area contributed by atoms with Crippen LogP contribution in [0.2, 0.25) is 0 Å². The van der Waals surface area contributed by atoms with Gasteiger partial charge < -0.3 is 14.4 Å². The molecule has 0 aliphatic carbocycles. The van der Waals surface area contributed by atoms with Crippen molar-refractivity contribution in [3.63, 3.8) is 0 Å². The Balaban J connectivity index is 1.68. The summed E-state index contributed by atoms with van der Waals surface area (Å²) < 4.78 is 3.29. The molecule has 9 nitrogen and oxygen atoms in total. The Kier molecular flexibility index (Phi) is 5.43. The number of rotatable bonds is 5. The third-order valence-corrected chi connectivity index (χ3v) is 5.68. The topological polar surface area (TPSA) is 96.2 Å². The molecule has 9 heteroatoms. The Morgan fingerprint density at radius 1 is 1.10 bits per heavy atom. The summed E-state index contributed by atoms with van der Waals surface area (Å²) in [5.74, 6) is 0.734. The average molecular weight is 410 g/mol. The maximum atomic E-state index is 12.6. The van der Waals surface area contributed by atoms with Gasteiger partial charge in [0.15, 0.2) is 11.2 Å². The summed E-state index contributed by atoms with van der Waals surface area (Å²) in [5, 5.41) is 0. The number of fused-ring (bicyclic) bond motifs is 1. The normalized spacial score (nSPS) is 14.5. The predicted molar refractivity (Wildman–Crippen MR) is 115 cm³/mol. The van der Waals surface area contributed by atoms with Crippen LogP contribution >= 0.6 is 0 Å². The number of aryl methyl sites for hydroxylation is 3. The first-order valence-electron chi connectivity index (χ1n) is 10.2. The molecule has 4 rings (SSSR count). The average Bonchev–Trinajstić information content (AvgIpc) is 3.13. The summed E-state index contributed by atoms with van der Waals surface area (Å²) in [4.78, 5) is 47.3. The maximum Gasteiger partial charge on any atom is 0.329 e. The second-order valence-electron chi connectivity index (χ2n) is 7.64. The van der Waals surface area contributed by atoms with E-state index in [-0.39, 0.29) is 5.91 Å². The monoisotopic (exact) mass is 410 g/mol. The van der Waals surface area contributed by atoms with E-state index in [9.17, 15) is 14.4 Å². The van der Waals surface area contributed by atoms with Gasteiger partial charge in [-0.3, -0.25) is 19.1 Å². The third-order valence-electron chi connectivity index (χ3n) is 5.68.